The molecule has 2 aromatic heterocycles. The van der Waals surface area contributed by atoms with Crippen LogP contribution in [0.1, 0.15) is 26.3 Å². The number of H-pyrrole nitrogens is 1. The molecule has 0 fully saturated rings. The average molecular weight is 371 g/mol. The molecule has 0 unspecified atom stereocenters. The van der Waals surface area contributed by atoms with Crippen LogP contribution in [0.15, 0.2) is 29.2 Å². The second-order valence-corrected chi connectivity index (χ2v) is 7.39. The molecule has 0 bridgehead atoms. The first kappa shape index (κ1) is 18.8. The standard InChI is InChI=1S/C19H25N5O3/c1-19(2,3)24-16-14(10-20-24)17(25)22-18(21-16)23(4)11-12-9-13(26-5)7-8-15(12)27-6/h7-10H,11H2,1-6H3,(H,21,22,25). The van der Waals surface area contributed by atoms with Crippen LogP contribution < -0.4 is 19.9 Å². The van der Waals surface area contributed by atoms with Gasteiger partial charge in [0.15, 0.2) is 5.65 Å². The molecule has 0 saturated heterocycles. The lowest BCUT2D eigenvalue weighted by atomic mass is 10.1. The number of rotatable bonds is 5. The summed E-state index contributed by atoms with van der Waals surface area (Å²) in [6.07, 6.45) is 1.56. The van der Waals surface area contributed by atoms with Crippen LogP contribution >= 0.6 is 0 Å². The molecule has 0 aliphatic carbocycles. The molecule has 0 aliphatic rings. The Bertz CT molecular complexity index is 1020. The van der Waals surface area contributed by atoms with Gasteiger partial charge in [-0.2, -0.15) is 10.1 Å². The maximum Gasteiger partial charge on any atom is 0.263 e. The van der Waals surface area contributed by atoms with E-state index in [0.717, 1.165) is 17.1 Å². The fourth-order valence-electron chi connectivity index (χ4n) is 2.91. The van der Waals surface area contributed by atoms with E-state index in [9.17, 15) is 4.79 Å². The van der Waals surface area contributed by atoms with Gasteiger partial charge in [-0.3, -0.25) is 9.78 Å². The molecule has 0 spiro atoms. The molecule has 8 heteroatoms. The molecule has 3 rings (SSSR count). The predicted molar refractivity (Wildman–Crippen MR) is 105 cm³/mol. The Morgan fingerprint density at radius 3 is 2.59 bits per heavy atom. The van der Waals surface area contributed by atoms with Crippen molar-refractivity contribution in [1.82, 2.24) is 19.7 Å². The number of aromatic amines is 1. The second-order valence-electron chi connectivity index (χ2n) is 7.39. The number of methoxy groups -OCH3 is 2. The second kappa shape index (κ2) is 6.94. The van der Waals surface area contributed by atoms with E-state index in [4.69, 9.17) is 9.47 Å². The highest BCUT2D eigenvalue weighted by atomic mass is 16.5. The highest BCUT2D eigenvalue weighted by Gasteiger charge is 2.21. The van der Waals surface area contributed by atoms with Crippen LogP contribution in [-0.4, -0.2) is 41.0 Å². The van der Waals surface area contributed by atoms with E-state index in [-0.39, 0.29) is 11.1 Å². The maximum atomic E-state index is 12.5. The van der Waals surface area contributed by atoms with E-state index in [2.05, 4.69) is 15.1 Å². The first-order valence-electron chi connectivity index (χ1n) is 8.65. The lowest BCUT2D eigenvalue weighted by molar-refractivity contribution is 0.366. The van der Waals surface area contributed by atoms with Crippen molar-refractivity contribution in [2.24, 2.45) is 0 Å². The summed E-state index contributed by atoms with van der Waals surface area (Å²) < 4.78 is 12.5. The fraction of sp³-hybridized carbons (Fsp3) is 0.421. The van der Waals surface area contributed by atoms with Crippen LogP contribution in [0, 0.1) is 0 Å². The minimum atomic E-state index is -0.283. The van der Waals surface area contributed by atoms with Gasteiger partial charge in [-0.25, -0.2) is 4.68 Å². The highest BCUT2D eigenvalue weighted by Crippen LogP contribution is 2.26. The Morgan fingerprint density at radius 1 is 1.22 bits per heavy atom. The normalized spacial score (nSPS) is 11.6. The van der Waals surface area contributed by atoms with Crippen LogP contribution in [0.5, 0.6) is 11.5 Å². The van der Waals surface area contributed by atoms with Crippen LogP contribution in [0.3, 0.4) is 0 Å². The van der Waals surface area contributed by atoms with Gasteiger partial charge < -0.3 is 14.4 Å². The lowest BCUT2D eigenvalue weighted by Gasteiger charge is -2.22. The smallest absolute Gasteiger partial charge is 0.263 e. The fourth-order valence-corrected chi connectivity index (χ4v) is 2.91. The zero-order valence-corrected chi connectivity index (χ0v) is 16.5. The van der Waals surface area contributed by atoms with Crippen molar-refractivity contribution in [3.8, 4) is 11.5 Å². The molecule has 0 radical (unpaired) electrons. The van der Waals surface area contributed by atoms with Gasteiger partial charge in [-0.05, 0) is 39.0 Å². The predicted octanol–water partition coefficient (Wildman–Crippen LogP) is 2.53. The molecule has 2 heterocycles. The van der Waals surface area contributed by atoms with E-state index >= 15 is 0 Å². The number of fused-ring (bicyclic) bond motifs is 1. The minimum absolute atomic E-state index is 0.213. The molecule has 27 heavy (non-hydrogen) atoms. The lowest BCUT2D eigenvalue weighted by Crippen LogP contribution is -2.26. The molecule has 8 nitrogen and oxygen atoms in total. The van der Waals surface area contributed by atoms with Gasteiger partial charge >= 0.3 is 0 Å². The number of benzene rings is 1. The van der Waals surface area contributed by atoms with Gasteiger partial charge in [0.05, 0.1) is 26.0 Å². The van der Waals surface area contributed by atoms with E-state index in [1.807, 2.05) is 50.9 Å². The van der Waals surface area contributed by atoms with Gasteiger partial charge in [0, 0.05) is 19.2 Å². The van der Waals surface area contributed by atoms with Crippen molar-refractivity contribution in [1.29, 1.82) is 0 Å². The SMILES string of the molecule is COc1ccc(OC)c(CN(C)c2nc3c(cnn3C(C)(C)C)c(=O)[nH]2)c1. The third kappa shape index (κ3) is 3.60. The number of anilines is 1. The van der Waals surface area contributed by atoms with Crippen LogP contribution in [0.4, 0.5) is 5.95 Å². The first-order chi connectivity index (χ1) is 12.7. The number of aromatic nitrogens is 4. The number of hydrogen-bond acceptors (Lipinski definition) is 6. The summed E-state index contributed by atoms with van der Waals surface area (Å²) in [6.45, 7) is 6.55. The van der Waals surface area contributed by atoms with Gasteiger partial charge in [-0.15, -0.1) is 0 Å². The molecule has 3 aromatic rings. The summed E-state index contributed by atoms with van der Waals surface area (Å²) in [7, 11) is 5.11. The Kier molecular flexibility index (Phi) is 4.82. The van der Waals surface area contributed by atoms with Gasteiger partial charge in [0.25, 0.3) is 5.56 Å². The van der Waals surface area contributed by atoms with E-state index in [0.29, 0.717) is 23.5 Å². The summed E-state index contributed by atoms with van der Waals surface area (Å²) in [5.41, 5.74) is 0.987. The summed E-state index contributed by atoms with van der Waals surface area (Å²) >= 11 is 0. The molecule has 144 valence electrons. The molecular formula is C19H25N5O3. The zero-order valence-electron chi connectivity index (χ0n) is 16.5. The van der Waals surface area contributed by atoms with Gasteiger partial charge in [0.2, 0.25) is 5.95 Å². The first-order valence-corrected chi connectivity index (χ1v) is 8.65. The number of nitrogens with one attached hydrogen (secondary N) is 1. The Labute approximate surface area is 157 Å². The molecule has 0 saturated carbocycles. The third-order valence-corrected chi connectivity index (χ3v) is 4.32. The van der Waals surface area contributed by atoms with Crippen molar-refractivity contribution in [2.75, 3.05) is 26.2 Å². The topological polar surface area (TPSA) is 85.3 Å². The number of nitrogens with zero attached hydrogens (tertiary/aromatic N) is 4. The van der Waals surface area contributed by atoms with E-state index < -0.39 is 0 Å². The molecule has 0 amide bonds. The van der Waals surface area contributed by atoms with Crippen LogP contribution in [0.25, 0.3) is 11.0 Å². The Morgan fingerprint density at radius 2 is 1.96 bits per heavy atom. The summed E-state index contributed by atoms with van der Waals surface area (Å²) in [5.74, 6) is 1.94. The Hall–Kier alpha value is -3.03. The van der Waals surface area contributed by atoms with Crippen molar-refractivity contribution >= 4 is 17.0 Å². The monoisotopic (exact) mass is 371 g/mol. The molecular weight excluding hydrogens is 346 g/mol. The molecule has 1 aromatic carbocycles. The van der Waals surface area contributed by atoms with Crippen molar-refractivity contribution in [2.45, 2.75) is 32.9 Å². The van der Waals surface area contributed by atoms with Crippen molar-refractivity contribution < 1.29 is 9.47 Å². The summed E-state index contributed by atoms with van der Waals surface area (Å²) in [6, 6.07) is 5.61. The molecule has 0 aliphatic heterocycles. The van der Waals surface area contributed by atoms with Crippen molar-refractivity contribution in [3.63, 3.8) is 0 Å². The largest absolute Gasteiger partial charge is 0.497 e. The van der Waals surface area contributed by atoms with Gasteiger partial charge in [-0.1, -0.05) is 0 Å². The van der Waals surface area contributed by atoms with Crippen molar-refractivity contribution in [3.05, 3.63) is 40.3 Å². The average Bonchev–Trinajstić information content (AvgIpc) is 3.06. The quantitative estimate of drug-likeness (QED) is 0.742. The van der Waals surface area contributed by atoms with E-state index in [1.54, 1.807) is 25.1 Å². The summed E-state index contributed by atoms with van der Waals surface area (Å²) in [4.78, 5) is 21.8. The zero-order chi connectivity index (χ0) is 19.8. The number of hydrogen-bond donors (Lipinski definition) is 1. The van der Waals surface area contributed by atoms with Gasteiger partial charge in [0.1, 0.15) is 16.9 Å². The molecule has 0 atom stereocenters. The highest BCUT2D eigenvalue weighted by molar-refractivity contribution is 5.74. The third-order valence-electron chi connectivity index (χ3n) is 4.32. The minimum Gasteiger partial charge on any atom is -0.497 e. The van der Waals surface area contributed by atoms with Crippen LogP contribution in [-0.2, 0) is 12.1 Å². The van der Waals surface area contributed by atoms with E-state index in [1.165, 1.54) is 0 Å². The number of ether oxygens (including phenoxy) is 2. The van der Waals surface area contributed by atoms with Crippen LogP contribution in [0.2, 0.25) is 0 Å². The maximum absolute atomic E-state index is 12.5. The summed E-state index contributed by atoms with van der Waals surface area (Å²) in [5, 5.41) is 4.81. The molecule has 1 N–H and O–H groups in total. The Balaban J connectivity index is 2.01.